The van der Waals surface area contributed by atoms with E-state index in [9.17, 15) is 4.79 Å². The number of benzene rings is 1. The Balaban J connectivity index is 1.64. The van der Waals surface area contributed by atoms with Crippen molar-refractivity contribution in [3.8, 4) is 0 Å². The lowest BCUT2D eigenvalue weighted by Gasteiger charge is -2.26. The fourth-order valence-electron chi connectivity index (χ4n) is 2.34. The Labute approximate surface area is 120 Å². The maximum atomic E-state index is 11.1. The minimum atomic E-state index is -0.456. The standard InChI is InChI=1S/C13H18N4O2S/c14-9-7-12-11(16-13(18)19-12)8-10(9)15-1-2-17-3-5-20-6-4-17/h7-8,15H,1-6,14H2,(H,16,18). The van der Waals surface area contributed by atoms with Gasteiger partial charge in [-0.1, -0.05) is 0 Å². The van der Waals surface area contributed by atoms with Crippen LogP contribution in [0.15, 0.2) is 21.3 Å². The van der Waals surface area contributed by atoms with Gasteiger partial charge in [0.25, 0.3) is 0 Å². The third-order valence-corrected chi connectivity index (χ3v) is 4.38. The molecule has 1 fully saturated rings. The Morgan fingerprint density at radius 2 is 2.20 bits per heavy atom. The average molecular weight is 294 g/mol. The Bertz CT molecular complexity index is 645. The molecule has 1 aromatic carbocycles. The maximum Gasteiger partial charge on any atom is 0.417 e. The van der Waals surface area contributed by atoms with E-state index in [0.29, 0.717) is 16.8 Å². The smallest absolute Gasteiger partial charge is 0.408 e. The van der Waals surface area contributed by atoms with Crippen molar-refractivity contribution in [2.24, 2.45) is 0 Å². The van der Waals surface area contributed by atoms with Crippen molar-refractivity contribution < 1.29 is 4.42 Å². The number of thioether (sulfide) groups is 1. The quantitative estimate of drug-likeness (QED) is 0.734. The van der Waals surface area contributed by atoms with E-state index in [-0.39, 0.29) is 0 Å². The van der Waals surface area contributed by atoms with Crippen LogP contribution in [0.2, 0.25) is 0 Å². The van der Waals surface area contributed by atoms with Crippen molar-refractivity contribution in [3.63, 3.8) is 0 Å². The monoisotopic (exact) mass is 294 g/mol. The molecule has 0 radical (unpaired) electrons. The fraction of sp³-hybridized carbons (Fsp3) is 0.462. The molecule has 0 unspecified atom stereocenters. The highest BCUT2D eigenvalue weighted by Gasteiger charge is 2.10. The Morgan fingerprint density at radius 1 is 1.40 bits per heavy atom. The zero-order chi connectivity index (χ0) is 13.9. The van der Waals surface area contributed by atoms with Crippen LogP contribution in [0.25, 0.3) is 11.1 Å². The van der Waals surface area contributed by atoms with Gasteiger partial charge in [-0.15, -0.1) is 0 Å². The van der Waals surface area contributed by atoms with Crippen molar-refractivity contribution >= 4 is 34.2 Å². The van der Waals surface area contributed by atoms with Crippen LogP contribution in [0, 0.1) is 0 Å². The van der Waals surface area contributed by atoms with Crippen LogP contribution in [0.1, 0.15) is 0 Å². The second-order valence-electron chi connectivity index (χ2n) is 4.83. The number of hydrogen-bond donors (Lipinski definition) is 3. The highest BCUT2D eigenvalue weighted by Crippen LogP contribution is 2.24. The van der Waals surface area contributed by atoms with Crippen molar-refractivity contribution in [2.75, 3.05) is 48.7 Å². The second kappa shape index (κ2) is 5.80. The van der Waals surface area contributed by atoms with Crippen molar-refractivity contribution in [2.45, 2.75) is 0 Å². The molecule has 108 valence electrons. The van der Waals surface area contributed by atoms with Gasteiger partial charge in [-0.2, -0.15) is 11.8 Å². The lowest BCUT2D eigenvalue weighted by Crippen LogP contribution is -2.36. The summed E-state index contributed by atoms with van der Waals surface area (Å²) in [5.74, 6) is 1.97. The zero-order valence-corrected chi connectivity index (χ0v) is 12.0. The van der Waals surface area contributed by atoms with E-state index >= 15 is 0 Å². The molecule has 4 N–H and O–H groups in total. The molecule has 7 heteroatoms. The normalized spacial score (nSPS) is 16.6. The molecule has 0 bridgehead atoms. The number of oxazole rings is 1. The number of aromatic amines is 1. The number of H-pyrrole nitrogens is 1. The van der Waals surface area contributed by atoms with Crippen LogP contribution >= 0.6 is 11.8 Å². The van der Waals surface area contributed by atoms with Gasteiger partial charge in [0.2, 0.25) is 0 Å². The Kier molecular flexibility index (Phi) is 3.88. The minimum absolute atomic E-state index is 0.456. The van der Waals surface area contributed by atoms with Gasteiger partial charge in [0.15, 0.2) is 5.58 Å². The topological polar surface area (TPSA) is 87.3 Å². The van der Waals surface area contributed by atoms with E-state index in [1.807, 2.05) is 17.8 Å². The van der Waals surface area contributed by atoms with Crippen LogP contribution in [-0.2, 0) is 0 Å². The highest BCUT2D eigenvalue weighted by atomic mass is 32.2. The molecule has 1 aliphatic rings. The summed E-state index contributed by atoms with van der Waals surface area (Å²) in [4.78, 5) is 16.2. The van der Waals surface area contributed by atoms with Crippen molar-refractivity contribution in [1.29, 1.82) is 0 Å². The number of fused-ring (bicyclic) bond motifs is 1. The molecule has 6 nitrogen and oxygen atoms in total. The molecule has 2 heterocycles. The first-order chi connectivity index (χ1) is 9.72. The number of nitrogens with two attached hydrogens (primary N) is 1. The van der Waals surface area contributed by atoms with Gasteiger partial charge in [0, 0.05) is 43.8 Å². The van der Waals surface area contributed by atoms with Gasteiger partial charge < -0.3 is 15.5 Å². The molecule has 0 amide bonds. The highest BCUT2D eigenvalue weighted by molar-refractivity contribution is 7.99. The van der Waals surface area contributed by atoms with Crippen molar-refractivity contribution in [3.05, 3.63) is 22.7 Å². The summed E-state index contributed by atoms with van der Waals surface area (Å²) in [5, 5.41) is 3.32. The van der Waals surface area contributed by atoms with E-state index in [1.54, 1.807) is 6.07 Å². The third-order valence-electron chi connectivity index (χ3n) is 3.44. The zero-order valence-electron chi connectivity index (χ0n) is 11.1. The number of nitrogens with zero attached hydrogens (tertiary/aromatic N) is 1. The number of aromatic nitrogens is 1. The predicted octanol–water partition coefficient (Wildman–Crippen LogP) is 1.16. The molecule has 0 atom stereocenters. The second-order valence-corrected chi connectivity index (χ2v) is 6.06. The summed E-state index contributed by atoms with van der Waals surface area (Å²) in [7, 11) is 0. The van der Waals surface area contributed by atoms with Crippen LogP contribution in [0.3, 0.4) is 0 Å². The maximum absolute atomic E-state index is 11.1. The van der Waals surface area contributed by atoms with Gasteiger partial charge in [-0.05, 0) is 6.07 Å². The van der Waals surface area contributed by atoms with Crippen LogP contribution in [0.4, 0.5) is 11.4 Å². The van der Waals surface area contributed by atoms with Crippen LogP contribution in [0.5, 0.6) is 0 Å². The minimum Gasteiger partial charge on any atom is -0.408 e. The molecular formula is C13H18N4O2S. The molecule has 20 heavy (non-hydrogen) atoms. The number of rotatable bonds is 4. The molecule has 1 aliphatic heterocycles. The first-order valence-corrected chi connectivity index (χ1v) is 7.84. The van der Waals surface area contributed by atoms with E-state index < -0.39 is 5.76 Å². The first kappa shape index (κ1) is 13.4. The largest absolute Gasteiger partial charge is 0.417 e. The summed E-state index contributed by atoms with van der Waals surface area (Å²) in [5.41, 5.74) is 8.55. The van der Waals surface area contributed by atoms with Crippen LogP contribution in [-0.4, -0.2) is 47.6 Å². The van der Waals surface area contributed by atoms with E-state index in [4.69, 9.17) is 10.2 Å². The summed E-state index contributed by atoms with van der Waals surface area (Å²) in [6.07, 6.45) is 0. The summed E-state index contributed by atoms with van der Waals surface area (Å²) in [6.45, 7) is 4.13. The van der Waals surface area contributed by atoms with E-state index in [1.165, 1.54) is 11.5 Å². The fourth-order valence-corrected chi connectivity index (χ4v) is 3.32. The molecule has 0 spiro atoms. The van der Waals surface area contributed by atoms with E-state index in [0.717, 1.165) is 31.9 Å². The van der Waals surface area contributed by atoms with Gasteiger partial charge in [-0.25, -0.2) is 4.79 Å². The summed E-state index contributed by atoms with van der Waals surface area (Å²) in [6, 6.07) is 3.49. The first-order valence-electron chi connectivity index (χ1n) is 6.69. The van der Waals surface area contributed by atoms with Crippen LogP contribution < -0.4 is 16.8 Å². The van der Waals surface area contributed by atoms with Gasteiger partial charge in [0.05, 0.1) is 16.9 Å². The van der Waals surface area contributed by atoms with E-state index in [2.05, 4.69) is 15.2 Å². The number of anilines is 2. The molecule has 0 aliphatic carbocycles. The molecule has 3 rings (SSSR count). The summed E-state index contributed by atoms with van der Waals surface area (Å²) < 4.78 is 4.97. The molecule has 0 saturated carbocycles. The molecular weight excluding hydrogens is 276 g/mol. The Hall–Kier alpha value is -1.60. The molecule has 2 aromatic rings. The van der Waals surface area contributed by atoms with Gasteiger partial charge in [0.1, 0.15) is 0 Å². The molecule has 1 saturated heterocycles. The third kappa shape index (κ3) is 2.94. The van der Waals surface area contributed by atoms with Gasteiger partial charge in [-0.3, -0.25) is 9.88 Å². The Morgan fingerprint density at radius 3 is 3.00 bits per heavy atom. The van der Waals surface area contributed by atoms with Crippen molar-refractivity contribution in [1.82, 2.24) is 9.88 Å². The number of nitrogen functional groups attached to an aromatic ring is 1. The SMILES string of the molecule is Nc1cc2oc(=O)[nH]c2cc1NCCN1CCSCC1. The lowest BCUT2D eigenvalue weighted by molar-refractivity contribution is 0.314. The van der Waals surface area contributed by atoms with Gasteiger partial charge >= 0.3 is 5.76 Å². The lowest BCUT2D eigenvalue weighted by atomic mass is 10.2. The number of nitrogens with one attached hydrogen (secondary N) is 2. The average Bonchev–Trinajstić information content (AvgIpc) is 2.79. The predicted molar refractivity (Wildman–Crippen MR) is 83.5 cm³/mol. The summed E-state index contributed by atoms with van der Waals surface area (Å²) >= 11 is 2.01. The number of hydrogen-bond acceptors (Lipinski definition) is 6. The molecule has 1 aromatic heterocycles.